The van der Waals surface area contributed by atoms with Gasteiger partial charge < -0.3 is 16.2 Å². The van der Waals surface area contributed by atoms with Crippen LogP contribution in [0, 0.1) is 0 Å². The summed E-state index contributed by atoms with van der Waals surface area (Å²) in [6, 6.07) is 4.90. The smallest absolute Gasteiger partial charge is 0.308 e. The van der Waals surface area contributed by atoms with Gasteiger partial charge in [0.2, 0.25) is 0 Å². The zero-order valence-electron chi connectivity index (χ0n) is 6.70. The average Bonchev–Trinajstić information content (AvgIpc) is 1.98. The number of esters is 1. The van der Waals surface area contributed by atoms with E-state index < -0.39 is 5.97 Å². The predicted octanol–water partition coefficient (Wildman–Crippen LogP) is 0.776. The van der Waals surface area contributed by atoms with Crippen molar-refractivity contribution >= 4 is 17.3 Å². The highest BCUT2D eigenvalue weighted by Gasteiger charge is 2.04. The molecule has 0 bridgehead atoms. The summed E-state index contributed by atoms with van der Waals surface area (Å²) in [6.07, 6.45) is 0. The van der Waals surface area contributed by atoms with Crippen LogP contribution in [0.15, 0.2) is 18.2 Å². The Kier molecular flexibility index (Phi) is 2.19. The number of hydrogen-bond acceptors (Lipinski definition) is 4. The lowest BCUT2D eigenvalue weighted by Gasteiger charge is -2.06. The maximum absolute atomic E-state index is 10.6. The highest BCUT2D eigenvalue weighted by Crippen LogP contribution is 2.26. The Morgan fingerprint density at radius 1 is 1.42 bits per heavy atom. The van der Waals surface area contributed by atoms with Crippen molar-refractivity contribution in [2.75, 3.05) is 11.5 Å². The van der Waals surface area contributed by atoms with Crippen LogP contribution in [0.5, 0.6) is 5.75 Å². The molecule has 0 aliphatic rings. The van der Waals surface area contributed by atoms with Crippen LogP contribution in [-0.2, 0) is 4.79 Å². The molecule has 0 aliphatic heterocycles. The van der Waals surface area contributed by atoms with Gasteiger partial charge in [0, 0.05) is 6.92 Å². The van der Waals surface area contributed by atoms with Gasteiger partial charge in [-0.25, -0.2) is 0 Å². The van der Waals surface area contributed by atoms with E-state index in [-0.39, 0.29) is 0 Å². The van der Waals surface area contributed by atoms with Gasteiger partial charge in [0.15, 0.2) is 5.75 Å². The highest BCUT2D eigenvalue weighted by molar-refractivity contribution is 5.76. The number of anilines is 2. The van der Waals surface area contributed by atoms with Gasteiger partial charge >= 0.3 is 5.97 Å². The van der Waals surface area contributed by atoms with E-state index in [4.69, 9.17) is 16.2 Å². The van der Waals surface area contributed by atoms with Crippen molar-refractivity contribution < 1.29 is 9.53 Å². The van der Waals surface area contributed by atoms with E-state index in [9.17, 15) is 4.79 Å². The summed E-state index contributed by atoms with van der Waals surface area (Å²) in [5.41, 5.74) is 11.7. The first-order valence-electron chi connectivity index (χ1n) is 3.43. The highest BCUT2D eigenvalue weighted by atomic mass is 16.5. The zero-order chi connectivity index (χ0) is 9.14. The first kappa shape index (κ1) is 8.39. The fourth-order valence-corrected chi connectivity index (χ4v) is 0.805. The molecular formula is C8H10N2O2. The lowest BCUT2D eigenvalue weighted by Crippen LogP contribution is -2.05. The first-order valence-corrected chi connectivity index (χ1v) is 3.43. The maximum Gasteiger partial charge on any atom is 0.308 e. The van der Waals surface area contributed by atoms with Crippen molar-refractivity contribution in [2.45, 2.75) is 6.92 Å². The van der Waals surface area contributed by atoms with Crippen molar-refractivity contribution in [3.8, 4) is 5.75 Å². The molecule has 0 atom stereocenters. The van der Waals surface area contributed by atoms with Gasteiger partial charge in [-0.15, -0.1) is 0 Å². The van der Waals surface area contributed by atoms with Crippen LogP contribution in [0.25, 0.3) is 0 Å². The second kappa shape index (κ2) is 3.13. The number of carbonyl (C=O) groups excluding carboxylic acids is 1. The molecule has 64 valence electrons. The SMILES string of the molecule is CC(=O)Oc1cccc(N)c1N. The lowest BCUT2D eigenvalue weighted by molar-refractivity contribution is -0.131. The van der Waals surface area contributed by atoms with E-state index in [1.807, 2.05) is 0 Å². The summed E-state index contributed by atoms with van der Waals surface area (Å²) in [7, 11) is 0. The van der Waals surface area contributed by atoms with E-state index >= 15 is 0 Å². The quantitative estimate of drug-likeness (QED) is 0.367. The minimum atomic E-state index is -0.410. The monoisotopic (exact) mass is 166 g/mol. The number of hydrogen-bond donors (Lipinski definition) is 2. The number of para-hydroxylation sites is 1. The molecule has 0 spiro atoms. The van der Waals surface area contributed by atoms with Gasteiger partial charge in [0.1, 0.15) is 0 Å². The third kappa shape index (κ3) is 1.66. The van der Waals surface area contributed by atoms with Gasteiger partial charge in [0.05, 0.1) is 11.4 Å². The maximum atomic E-state index is 10.6. The van der Waals surface area contributed by atoms with E-state index in [0.717, 1.165) is 0 Å². The second-order valence-corrected chi connectivity index (χ2v) is 2.35. The van der Waals surface area contributed by atoms with E-state index in [2.05, 4.69) is 0 Å². The molecule has 4 heteroatoms. The summed E-state index contributed by atoms with van der Waals surface area (Å²) in [6.45, 7) is 1.31. The molecule has 0 saturated carbocycles. The molecule has 1 aromatic carbocycles. The Morgan fingerprint density at radius 3 is 2.67 bits per heavy atom. The number of ether oxygens (including phenoxy) is 1. The minimum absolute atomic E-state index is 0.299. The summed E-state index contributed by atoms with van der Waals surface area (Å²) in [5.74, 6) is -0.102. The molecule has 0 radical (unpaired) electrons. The van der Waals surface area contributed by atoms with Crippen LogP contribution >= 0.6 is 0 Å². The van der Waals surface area contributed by atoms with Gasteiger partial charge in [-0.3, -0.25) is 4.79 Å². The van der Waals surface area contributed by atoms with Crippen molar-refractivity contribution in [2.24, 2.45) is 0 Å². The summed E-state index contributed by atoms with van der Waals surface area (Å²) in [5, 5.41) is 0. The molecule has 0 fully saturated rings. The number of carbonyl (C=O) groups is 1. The molecule has 0 heterocycles. The molecule has 0 aliphatic carbocycles. The van der Waals surface area contributed by atoms with Crippen molar-refractivity contribution in [1.29, 1.82) is 0 Å². The fraction of sp³-hybridized carbons (Fsp3) is 0.125. The molecule has 0 unspecified atom stereocenters. The van der Waals surface area contributed by atoms with Gasteiger partial charge in [-0.2, -0.15) is 0 Å². The second-order valence-electron chi connectivity index (χ2n) is 2.35. The van der Waals surface area contributed by atoms with E-state index in [1.54, 1.807) is 18.2 Å². The molecule has 4 N–H and O–H groups in total. The Hall–Kier alpha value is -1.71. The molecule has 1 rings (SSSR count). The van der Waals surface area contributed by atoms with Crippen LogP contribution in [0.4, 0.5) is 11.4 Å². The molecule has 0 saturated heterocycles. The van der Waals surface area contributed by atoms with Crippen LogP contribution in [0.1, 0.15) is 6.92 Å². The molecule has 1 aromatic rings. The average molecular weight is 166 g/mol. The third-order valence-corrected chi connectivity index (χ3v) is 1.35. The standard InChI is InChI=1S/C8H10N2O2/c1-5(11)12-7-4-2-3-6(9)8(7)10/h2-4H,9-10H2,1H3. The zero-order valence-corrected chi connectivity index (χ0v) is 6.70. The Balaban J connectivity index is 3.00. The normalized spacial score (nSPS) is 9.42. The molecule has 4 nitrogen and oxygen atoms in total. The van der Waals surface area contributed by atoms with Crippen LogP contribution in [0.2, 0.25) is 0 Å². The lowest BCUT2D eigenvalue weighted by atomic mass is 10.2. The van der Waals surface area contributed by atoms with Gasteiger partial charge in [-0.1, -0.05) is 6.07 Å². The predicted molar refractivity (Wildman–Crippen MR) is 46.6 cm³/mol. The fourth-order valence-electron chi connectivity index (χ4n) is 0.805. The van der Waals surface area contributed by atoms with Crippen LogP contribution < -0.4 is 16.2 Å². The largest absolute Gasteiger partial charge is 0.424 e. The topological polar surface area (TPSA) is 78.3 Å². The van der Waals surface area contributed by atoms with Crippen molar-refractivity contribution in [3.63, 3.8) is 0 Å². The Labute approximate surface area is 70.1 Å². The Morgan fingerprint density at radius 2 is 2.08 bits per heavy atom. The van der Waals surface area contributed by atoms with Crippen LogP contribution in [-0.4, -0.2) is 5.97 Å². The number of nitrogen functional groups attached to an aromatic ring is 2. The van der Waals surface area contributed by atoms with Gasteiger partial charge in [0.25, 0.3) is 0 Å². The van der Waals surface area contributed by atoms with Gasteiger partial charge in [-0.05, 0) is 12.1 Å². The summed E-state index contributed by atoms with van der Waals surface area (Å²) < 4.78 is 4.78. The Bertz CT molecular complexity index is 310. The molecular weight excluding hydrogens is 156 g/mol. The van der Waals surface area contributed by atoms with E-state index in [0.29, 0.717) is 17.1 Å². The van der Waals surface area contributed by atoms with E-state index in [1.165, 1.54) is 6.92 Å². The molecule has 0 aromatic heterocycles. The van der Waals surface area contributed by atoms with Crippen molar-refractivity contribution in [1.82, 2.24) is 0 Å². The first-order chi connectivity index (χ1) is 5.61. The summed E-state index contributed by atoms with van der Waals surface area (Å²) >= 11 is 0. The third-order valence-electron chi connectivity index (χ3n) is 1.35. The number of rotatable bonds is 1. The minimum Gasteiger partial charge on any atom is -0.424 e. The molecule has 0 amide bonds. The number of benzene rings is 1. The molecule has 12 heavy (non-hydrogen) atoms. The van der Waals surface area contributed by atoms with Crippen molar-refractivity contribution in [3.05, 3.63) is 18.2 Å². The van der Waals surface area contributed by atoms with Crippen LogP contribution in [0.3, 0.4) is 0 Å². The number of nitrogens with two attached hydrogens (primary N) is 2. The summed E-state index contributed by atoms with van der Waals surface area (Å²) in [4.78, 5) is 10.6.